The van der Waals surface area contributed by atoms with Crippen LogP contribution in [0, 0.1) is 5.41 Å². The lowest BCUT2D eigenvalue weighted by Gasteiger charge is -2.31. The number of nitrogens with two attached hydrogens (primary N) is 1. The first kappa shape index (κ1) is 14.4. The van der Waals surface area contributed by atoms with E-state index in [1.165, 1.54) is 6.42 Å². The molecule has 0 unspecified atom stereocenters. The Labute approximate surface area is 110 Å². The molecular weight excluding hydrogens is 232 g/mol. The number of hydrogen-bond acceptors (Lipinski definition) is 2. The zero-order valence-corrected chi connectivity index (χ0v) is 11.8. The van der Waals surface area contributed by atoms with Crippen molar-refractivity contribution < 1.29 is 4.79 Å². The third kappa shape index (κ3) is 3.18. The molecule has 98 valence electrons. The van der Waals surface area contributed by atoms with Gasteiger partial charge >= 0.3 is 0 Å². The lowest BCUT2D eigenvalue weighted by atomic mass is 9.84. The molecule has 17 heavy (non-hydrogen) atoms. The Morgan fingerprint density at radius 3 is 2.41 bits per heavy atom. The number of rotatable bonds is 6. The fourth-order valence-electron chi connectivity index (χ4n) is 2.61. The maximum absolute atomic E-state index is 12.5. The Hall–Kier alpha value is -0.640. The molecule has 1 saturated carbocycles. The highest BCUT2D eigenvalue weighted by atomic mass is 32.1. The Morgan fingerprint density at radius 2 is 1.94 bits per heavy atom. The van der Waals surface area contributed by atoms with E-state index in [1.807, 2.05) is 11.9 Å². The predicted octanol–water partition coefficient (Wildman–Crippen LogP) is 2.48. The predicted molar refractivity (Wildman–Crippen MR) is 74.8 cm³/mol. The fraction of sp³-hybridized carbons (Fsp3) is 0.846. The second-order valence-corrected chi connectivity index (χ2v) is 5.53. The van der Waals surface area contributed by atoms with E-state index in [0.717, 1.165) is 45.1 Å². The number of unbranched alkanes of at least 4 members (excludes halogenated alkanes) is 2. The molecule has 1 aliphatic rings. The maximum atomic E-state index is 12.5. The molecule has 0 radical (unpaired) electrons. The number of carbonyl (C=O) groups excluding carboxylic acids is 1. The molecule has 0 saturated heterocycles. The molecule has 2 N–H and O–H groups in total. The van der Waals surface area contributed by atoms with E-state index >= 15 is 0 Å². The van der Waals surface area contributed by atoms with Crippen molar-refractivity contribution in [2.24, 2.45) is 11.1 Å². The summed E-state index contributed by atoms with van der Waals surface area (Å²) in [6.07, 6.45) is 7.18. The third-order valence-electron chi connectivity index (χ3n) is 3.78. The van der Waals surface area contributed by atoms with E-state index in [9.17, 15) is 4.79 Å². The van der Waals surface area contributed by atoms with Crippen LogP contribution in [0.5, 0.6) is 0 Å². The summed E-state index contributed by atoms with van der Waals surface area (Å²) in [6.45, 7) is 2.98. The van der Waals surface area contributed by atoms with Crippen molar-refractivity contribution >= 4 is 23.1 Å². The molecule has 0 aromatic carbocycles. The van der Waals surface area contributed by atoms with Gasteiger partial charge in [-0.05, 0) is 19.3 Å². The topological polar surface area (TPSA) is 46.3 Å². The largest absolute Gasteiger partial charge is 0.392 e. The van der Waals surface area contributed by atoms with Crippen molar-refractivity contribution in [3.05, 3.63) is 0 Å². The van der Waals surface area contributed by atoms with Gasteiger partial charge < -0.3 is 10.6 Å². The van der Waals surface area contributed by atoms with E-state index in [4.69, 9.17) is 18.0 Å². The molecular formula is C13H24N2OS. The number of amides is 1. The number of nitrogens with zero attached hydrogens (tertiary/aromatic N) is 1. The maximum Gasteiger partial charge on any atom is 0.235 e. The molecule has 3 nitrogen and oxygen atoms in total. The fourth-order valence-corrected chi connectivity index (χ4v) is 2.90. The van der Waals surface area contributed by atoms with Gasteiger partial charge in [0.15, 0.2) is 0 Å². The SMILES string of the molecule is CCCCCN(C)C(=O)C1(C(N)=S)CCCC1. The van der Waals surface area contributed by atoms with E-state index in [1.54, 1.807) is 0 Å². The van der Waals surface area contributed by atoms with Gasteiger partial charge in [-0.25, -0.2) is 0 Å². The van der Waals surface area contributed by atoms with Gasteiger partial charge in [0.1, 0.15) is 0 Å². The second-order valence-electron chi connectivity index (χ2n) is 5.09. The smallest absolute Gasteiger partial charge is 0.235 e. The summed E-state index contributed by atoms with van der Waals surface area (Å²) in [4.78, 5) is 14.7. The van der Waals surface area contributed by atoms with Gasteiger partial charge in [0.05, 0.1) is 10.4 Å². The summed E-state index contributed by atoms with van der Waals surface area (Å²) in [7, 11) is 1.87. The number of thiocarbonyl (C=S) groups is 1. The molecule has 0 aromatic rings. The monoisotopic (exact) mass is 256 g/mol. The van der Waals surface area contributed by atoms with Crippen LogP contribution in [0.1, 0.15) is 51.9 Å². The molecule has 0 bridgehead atoms. The van der Waals surface area contributed by atoms with Crippen LogP contribution in [-0.4, -0.2) is 29.4 Å². The van der Waals surface area contributed by atoms with Crippen LogP contribution < -0.4 is 5.73 Å². The van der Waals surface area contributed by atoms with Gasteiger partial charge in [-0.3, -0.25) is 4.79 Å². The van der Waals surface area contributed by atoms with Crippen LogP contribution in [0.4, 0.5) is 0 Å². The molecule has 0 aliphatic heterocycles. The zero-order chi connectivity index (χ0) is 12.9. The normalized spacial score (nSPS) is 18.0. The molecule has 0 spiro atoms. The van der Waals surface area contributed by atoms with Gasteiger partial charge in [-0.2, -0.15) is 0 Å². The lowest BCUT2D eigenvalue weighted by Crippen LogP contribution is -2.48. The molecule has 0 heterocycles. The van der Waals surface area contributed by atoms with Crippen LogP contribution in [0.25, 0.3) is 0 Å². The molecule has 0 atom stereocenters. The molecule has 4 heteroatoms. The zero-order valence-electron chi connectivity index (χ0n) is 11.0. The van der Waals surface area contributed by atoms with Crippen molar-refractivity contribution in [2.75, 3.05) is 13.6 Å². The highest BCUT2D eigenvalue weighted by Crippen LogP contribution is 2.40. The van der Waals surface area contributed by atoms with Gasteiger partial charge in [0.25, 0.3) is 0 Å². The van der Waals surface area contributed by atoms with E-state index in [-0.39, 0.29) is 5.91 Å². The van der Waals surface area contributed by atoms with Crippen LogP contribution in [0.15, 0.2) is 0 Å². The van der Waals surface area contributed by atoms with E-state index < -0.39 is 5.41 Å². The first-order valence-electron chi connectivity index (χ1n) is 6.60. The Morgan fingerprint density at radius 1 is 1.35 bits per heavy atom. The molecule has 1 fully saturated rings. The third-order valence-corrected chi connectivity index (χ3v) is 4.17. The highest BCUT2D eigenvalue weighted by Gasteiger charge is 2.45. The van der Waals surface area contributed by atoms with Crippen molar-refractivity contribution in [3.8, 4) is 0 Å². The van der Waals surface area contributed by atoms with Gasteiger partial charge in [-0.15, -0.1) is 0 Å². The summed E-state index contributed by atoms with van der Waals surface area (Å²) in [5.41, 5.74) is 5.28. The van der Waals surface area contributed by atoms with Gasteiger partial charge in [0.2, 0.25) is 5.91 Å². The average Bonchev–Trinajstić information content (AvgIpc) is 2.78. The molecule has 0 aromatic heterocycles. The summed E-state index contributed by atoms with van der Waals surface area (Å²) in [5.74, 6) is 0.138. The van der Waals surface area contributed by atoms with Crippen molar-refractivity contribution in [2.45, 2.75) is 51.9 Å². The van der Waals surface area contributed by atoms with E-state index in [0.29, 0.717) is 4.99 Å². The summed E-state index contributed by atoms with van der Waals surface area (Å²) in [6, 6.07) is 0. The van der Waals surface area contributed by atoms with Crippen molar-refractivity contribution in [3.63, 3.8) is 0 Å². The number of hydrogen-bond donors (Lipinski definition) is 1. The minimum Gasteiger partial charge on any atom is -0.392 e. The van der Waals surface area contributed by atoms with E-state index in [2.05, 4.69) is 6.92 Å². The lowest BCUT2D eigenvalue weighted by molar-refractivity contribution is -0.136. The minimum absolute atomic E-state index is 0.138. The summed E-state index contributed by atoms with van der Waals surface area (Å²) < 4.78 is 0. The quantitative estimate of drug-likeness (QED) is 0.586. The molecule has 1 aliphatic carbocycles. The van der Waals surface area contributed by atoms with Crippen molar-refractivity contribution in [1.82, 2.24) is 4.90 Å². The average molecular weight is 256 g/mol. The standard InChI is InChI=1S/C13H24N2OS/c1-3-4-7-10-15(2)12(16)13(11(14)17)8-5-6-9-13/h3-10H2,1-2H3,(H2,14,17). The number of carbonyl (C=O) groups is 1. The Bertz CT molecular complexity index is 285. The van der Waals surface area contributed by atoms with Crippen molar-refractivity contribution in [1.29, 1.82) is 0 Å². The molecule has 1 amide bonds. The van der Waals surface area contributed by atoms with Gasteiger partial charge in [-0.1, -0.05) is 44.8 Å². The first-order valence-corrected chi connectivity index (χ1v) is 7.01. The minimum atomic E-state index is -0.531. The van der Waals surface area contributed by atoms with Crippen LogP contribution in [0.3, 0.4) is 0 Å². The second kappa shape index (κ2) is 6.34. The Kier molecular flexibility index (Phi) is 5.37. The highest BCUT2D eigenvalue weighted by molar-refractivity contribution is 7.80. The molecule has 1 rings (SSSR count). The summed E-state index contributed by atoms with van der Waals surface area (Å²) >= 11 is 5.13. The van der Waals surface area contributed by atoms with Crippen LogP contribution in [-0.2, 0) is 4.79 Å². The first-order chi connectivity index (χ1) is 8.04. The summed E-state index contributed by atoms with van der Waals surface area (Å²) in [5, 5.41) is 0. The van der Waals surface area contributed by atoms with Crippen LogP contribution >= 0.6 is 12.2 Å². The van der Waals surface area contributed by atoms with Gasteiger partial charge in [0, 0.05) is 13.6 Å². The Balaban J connectivity index is 2.62. The van der Waals surface area contributed by atoms with Crippen LogP contribution in [0.2, 0.25) is 0 Å².